The summed E-state index contributed by atoms with van der Waals surface area (Å²) >= 11 is 2.45. The Hall–Kier alpha value is -1.78. The zero-order chi connectivity index (χ0) is 17.5. The second kappa shape index (κ2) is 8.90. The van der Waals surface area contributed by atoms with E-state index in [2.05, 4.69) is 20.8 Å². The number of hydrogen-bond donors (Lipinski definition) is 2. The van der Waals surface area contributed by atoms with Gasteiger partial charge in [0.15, 0.2) is 4.34 Å². The lowest BCUT2D eigenvalue weighted by molar-refractivity contribution is -0.115. The molecular weight excluding hydrogens is 358 g/mol. The van der Waals surface area contributed by atoms with Crippen LogP contribution in [0.3, 0.4) is 0 Å². The van der Waals surface area contributed by atoms with Crippen molar-refractivity contribution in [1.82, 2.24) is 10.2 Å². The van der Waals surface area contributed by atoms with Gasteiger partial charge in [0.1, 0.15) is 17.3 Å². The number of amides is 1. The van der Waals surface area contributed by atoms with Crippen LogP contribution < -0.4 is 10.6 Å². The molecule has 130 valence electrons. The summed E-state index contributed by atoms with van der Waals surface area (Å²) < 4.78 is 32.6. The van der Waals surface area contributed by atoms with E-state index in [0.717, 1.165) is 23.9 Å². The number of nitrogens with zero attached hydrogens (tertiary/aromatic N) is 2. The minimum Gasteiger partial charge on any atom is -0.383 e. The third-order valence-electron chi connectivity index (χ3n) is 2.85. The lowest BCUT2D eigenvalue weighted by Crippen LogP contribution is -2.23. The van der Waals surface area contributed by atoms with Gasteiger partial charge in [-0.2, -0.15) is 0 Å². The van der Waals surface area contributed by atoms with Gasteiger partial charge in [-0.05, 0) is 19.1 Å². The summed E-state index contributed by atoms with van der Waals surface area (Å²) in [6.07, 6.45) is 0. The Morgan fingerprint density at radius 1 is 1.38 bits per heavy atom. The number of thioether (sulfide) groups is 1. The Kier molecular flexibility index (Phi) is 6.88. The molecule has 0 radical (unpaired) electrons. The second-order valence-electron chi connectivity index (χ2n) is 4.64. The summed E-state index contributed by atoms with van der Waals surface area (Å²) in [4.78, 5) is 12.1. The first-order valence-electron chi connectivity index (χ1n) is 6.99. The molecule has 24 heavy (non-hydrogen) atoms. The molecule has 0 spiro atoms. The number of aromatic nitrogens is 2. The van der Waals surface area contributed by atoms with Crippen LogP contribution in [0, 0.1) is 11.6 Å². The minimum atomic E-state index is -0.818. The van der Waals surface area contributed by atoms with Crippen molar-refractivity contribution in [3.63, 3.8) is 0 Å². The SMILES string of the molecule is COCCNc1nnc(S[C@H](C)C(=O)Nc2c(F)cccc2F)s1. The standard InChI is InChI=1S/C14H16F2N4O2S2/c1-8(12(21)18-11-9(15)4-3-5-10(11)16)23-14-20-19-13(24-14)17-6-7-22-2/h3-5,8H,6-7H2,1-2H3,(H,17,19)(H,18,21)/t8-/m1/s1. The van der Waals surface area contributed by atoms with E-state index in [1.165, 1.54) is 17.4 Å². The zero-order valence-corrected chi connectivity index (χ0v) is 14.6. The highest BCUT2D eigenvalue weighted by Crippen LogP contribution is 2.29. The monoisotopic (exact) mass is 374 g/mol. The highest BCUT2D eigenvalue weighted by molar-refractivity contribution is 8.02. The number of rotatable bonds is 8. The van der Waals surface area contributed by atoms with E-state index >= 15 is 0 Å². The van der Waals surface area contributed by atoms with E-state index in [-0.39, 0.29) is 0 Å². The molecule has 0 aliphatic heterocycles. The van der Waals surface area contributed by atoms with Gasteiger partial charge in [0, 0.05) is 13.7 Å². The van der Waals surface area contributed by atoms with Crippen molar-refractivity contribution in [2.24, 2.45) is 0 Å². The van der Waals surface area contributed by atoms with Gasteiger partial charge in [0.05, 0.1) is 11.9 Å². The summed E-state index contributed by atoms with van der Waals surface area (Å²) in [6, 6.07) is 3.40. The van der Waals surface area contributed by atoms with Gasteiger partial charge in [0.2, 0.25) is 11.0 Å². The fraction of sp³-hybridized carbons (Fsp3) is 0.357. The molecule has 2 rings (SSSR count). The normalized spacial score (nSPS) is 12.0. The molecule has 6 nitrogen and oxygen atoms in total. The predicted molar refractivity (Wildman–Crippen MR) is 90.6 cm³/mol. The lowest BCUT2D eigenvalue weighted by Gasteiger charge is -2.11. The topological polar surface area (TPSA) is 76.1 Å². The van der Waals surface area contributed by atoms with Crippen LogP contribution in [-0.4, -0.2) is 41.6 Å². The molecule has 0 aliphatic rings. The smallest absolute Gasteiger partial charge is 0.237 e. The molecule has 0 fully saturated rings. The first kappa shape index (κ1) is 18.6. The molecular formula is C14H16F2N4O2S2. The molecule has 0 aliphatic carbocycles. The van der Waals surface area contributed by atoms with Gasteiger partial charge in [-0.3, -0.25) is 4.79 Å². The lowest BCUT2D eigenvalue weighted by atomic mass is 10.3. The van der Waals surface area contributed by atoms with Gasteiger partial charge >= 0.3 is 0 Å². The molecule has 1 aromatic carbocycles. The van der Waals surface area contributed by atoms with E-state index in [1.807, 2.05) is 0 Å². The Morgan fingerprint density at radius 2 is 2.08 bits per heavy atom. The van der Waals surface area contributed by atoms with Crippen molar-refractivity contribution in [1.29, 1.82) is 0 Å². The molecule has 1 atom stereocenters. The molecule has 10 heteroatoms. The maximum absolute atomic E-state index is 13.6. The molecule has 0 saturated carbocycles. The first-order valence-corrected chi connectivity index (χ1v) is 8.68. The minimum absolute atomic E-state index is 0.450. The summed E-state index contributed by atoms with van der Waals surface area (Å²) in [7, 11) is 1.60. The summed E-state index contributed by atoms with van der Waals surface area (Å²) in [5.41, 5.74) is -0.450. The highest BCUT2D eigenvalue weighted by atomic mass is 32.2. The maximum atomic E-state index is 13.6. The van der Waals surface area contributed by atoms with Crippen molar-refractivity contribution in [3.05, 3.63) is 29.8 Å². The van der Waals surface area contributed by atoms with Crippen molar-refractivity contribution in [2.75, 3.05) is 30.9 Å². The van der Waals surface area contributed by atoms with Crippen LogP contribution in [0.4, 0.5) is 19.6 Å². The van der Waals surface area contributed by atoms with Crippen LogP contribution in [0.25, 0.3) is 0 Å². The molecule has 1 heterocycles. The molecule has 1 aromatic heterocycles. The Labute approximate surface area is 146 Å². The molecule has 2 N–H and O–H groups in total. The summed E-state index contributed by atoms with van der Waals surface area (Å²) in [5.74, 6) is -2.16. The number of carbonyl (C=O) groups excluding carboxylic acids is 1. The zero-order valence-electron chi connectivity index (χ0n) is 13.0. The van der Waals surface area contributed by atoms with Gasteiger partial charge in [-0.25, -0.2) is 8.78 Å². The molecule has 0 bridgehead atoms. The number of benzene rings is 1. The van der Waals surface area contributed by atoms with E-state index in [1.54, 1.807) is 14.0 Å². The molecule has 0 unspecified atom stereocenters. The van der Waals surface area contributed by atoms with Crippen molar-refractivity contribution in [3.8, 4) is 0 Å². The van der Waals surface area contributed by atoms with Gasteiger partial charge in [-0.15, -0.1) is 10.2 Å². The van der Waals surface area contributed by atoms with E-state index in [9.17, 15) is 13.6 Å². The Morgan fingerprint density at radius 3 is 2.75 bits per heavy atom. The number of methoxy groups -OCH3 is 1. The fourth-order valence-electron chi connectivity index (χ4n) is 1.64. The van der Waals surface area contributed by atoms with Crippen LogP contribution in [-0.2, 0) is 9.53 Å². The molecule has 2 aromatic rings. The second-order valence-corrected chi connectivity index (χ2v) is 7.20. The average molecular weight is 374 g/mol. The van der Waals surface area contributed by atoms with Crippen LogP contribution in [0.2, 0.25) is 0 Å². The number of nitrogens with one attached hydrogen (secondary N) is 2. The number of anilines is 2. The quantitative estimate of drug-likeness (QED) is 0.546. The maximum Gasteiger partial charge on any atom is 0.237 e. The number of para-hydroxylation sites is 1. The van der Waals surface area contributed by atoms with Gasteiger partial charge in [0.25, 0.3) is 0 Å². The molecule has 1 amide bonds. The number of carbonyl (C=O) groups is 1. The number of ether oxygens (including phenoxy) is 1. The largest absolute Gasteiger partial charge is 0.383 e. The number of halogens is 2. The fourth-order valence-corrected chi connectivity index (χ4v) is 3.56. The van der Waals surface area contributed by atoms with Crippen LogP contribution >= 0.6 is 23.1 Å². The third-order valence-corrected chi connectivity index (χ3v) is 4.91. The van der Waals surface area contributed by atoms with Crippen molar-refractivity contribution < 1.29 is 18.3 Å². The Bertz CT molecular complexity index is 679. The van der Waals surface area contributed by atoms with Gasteiger partial charge in [-0.1, -0.05) is 29.2 Å². The molecule has 0 saturated heterocycles. The van der Waals surface area contributed by atoms with Crippen molar-refractivity contribution >= 4 is 39.8 Å². The van der Waals surface area contributed by atoms with Crippen molar-refractivity contribution in [2.45, 2.75) is 16.5 Å². The van der Waals surface area contributed by atoms with E-state index < -0.39 is 28.5 Å². The van der Waals surface area contributed by atoms with E-state index in [4.69, 9.17) is 4.74 Å². The van der Waals surface area contributed by atoms with Crippen LogP contribution in [0.1, 0.15) is 6.92 Å². The van der Waals surface area contributed by atoms with E-state index in [0.29, 0.717) is 22.6 Å². The predicted octanol–water partition coefficient (Wildman–Crippen LogP) is 2.99. The van der Waals surface area contributed by atoms with Gasteiger partial charge < -0.3 is 15.4 Å². The summed E-state index contributed by atoms with van der Waals surface area (Å²) in [5, 5.41) is 13.2. The number of hydrogen-bond acceptors (Lipinski definition) is 7. The highest BCUT2D eigenvalue weighted by Gasteiger charge is 2.20. The van der Waals surface area contributed by atoms with Crippen LogP contribution in [0.5, 0.6) is 0 Å². The third kappa shape index (κ3) is 5.11. The summed E-state index contributed by atoms with van der Waals surface area (Å²) in [6.45, 7) is 2.76. The Balaban J connectivity index is 1.92. The first-order chi connectivity index (χ1) is 11.5. The van der Waals surface area contributed by atoms with Crippen LogP contribution in [0.15, 0.2) is 22.5 Å². The average Bonchev–Trinajstić information content (AvgIpc) is 2.98.